The molecule has 7 nitrogen and oxygen atoms in total. The number of ether oxygens (including phenoxy) is 2. The molecule has 2 saturated heterocycles. The molecule has 0 aliphatic carbocycles. The Morgan fingerprint density at radius 2 is 1.57 bits per heavy atom. The molecule has 2 N–H and O–H groups in total. The minimum Gasteiger partial charge on any atom is -0.491 e. The van der Waals surface area contributed by atoms with Gasteiger partial charge < -0.3 is 24.7 Å². The molecule has 2 fully saturated rings. The summed E-state index contributed by atoms with van der Waals surface area (Å²) in [5.41, 5.74) is 3.19. The van der Waals surface area contributed by atoms with E-state index in [1.54, 1.807) is 0 Å². The van der Waals surface area contributed by atoms with Gasteiger partial charge in [-0.2, -0.15) is 0 Å². The second kappa shape index (κ2) is 18.4. The van der Waals surface area contributed by atoms with Gasteiger partial charge in [0.2, 0.25) is 5.91 Å². The van der Waals surface area contributed by atoms with Crippen molar-refractivity contribution in [2.75, 3.05) is 39.3 Å². The van der Waals surface area contributed by atoms with Crippen LogP contribution in [0, 0.1) is 0 Å². The zero-order valence-electron chi connectivity index (χ0n) is 28.9. The highest BCUT2D eigenvalue weighted by atomic mass is 35.5. The van der Waals surface area contributed by atoms with Crippen LogP contribution in [0.3, 0.4) is 0 Å². The molecule has 1 unspecified atom stereocenters. The Bertz CT molecular complexity index is 1510. The van der Waals surface area contributed by atoms with Crippen LogP contribution in [0.4, 0.5) is 0 Å². The van der Waals surface area contributed by atoms with Crippen LogP contribution in [0.2, 0.25) is 10.0 Å². The topological polar surface area (TPSA) is 90.6 Å². The maximum absolute atomic E-state index is 13.8. The highest BCUT2D eigenvalue weighted by molar-refractivity contribution is 6.42. The Kier molecular flexibility index (Phi) is 15.3. The molecule has 2 heterocycles. The third-order valence-corrected chi connectivity index (χ3v) is 10.8. The number of nitrogens with zero attached hydrogens (tertiary/aromatic N) is 2. The van der Waals surface area contributed by atoms with Crippen molar-refractivity contribution >= 4 is 47.5 Å². The summed E-state index contributed by atoms with van der Waals surface area (Å²) in [5, 5.41) is 1.09. The average Bonchev–Trinajstić information content (AvgIpc) is 3.06. The molecule has 0 aromatic heterocycles. The summed E-state index contributed by atoms with van der Waals surface area (Å²) in [4.78, 5) is 29.9. The van der Waals surface area contributed by atoms with E-state index in [1.807, 2.05) is 55.1 Å². The zero-order chi connectivity index (χ0) is 33.4. The number of carbonyl (C=O) groups is 2. The average molecular weight is 734 g/mol. The predicted octanol–water partition coefficient (Wildman–Crippen LogP) is 7.86. The number of hydrogen-bond donors (Lipinski definition) is 0. The largest absolute Gasteiger partial charge is 0.491 e. The van der Waals surface area contributed by atoms with E-state index in [0.29, 0.717) is 29.6 Å². The second-order valence-corrected chi connectivity index (χ2v) is 14.5. The van der Waals surface area contributed by atoms with E-state index in [4.69, 9.17) is 32.7 Å². The van der Waals surface area contributed by atoms with Crippen molar-refractivity contribution in [1.29, 1.82) is 0 Å². The van der Waals surface area contributed by atoms with Crippen molar-refractivity contribution in [2.45, 2.75) is 82.7 Å². The standard InChI is InChI=1S/C39H48Cl2N2O4.ClH.H2O/c1-29(2)47-34-12-7-9-31(25-34)26-37(45)43-20-8-15-39(28-43,33-13-14-35(40)36(41)27-33)18-23-42-21-16-38(17-22-42,19-24-46-30(3)44)32-10-5-4-6-11-32;;/h4-7,9-14,25,27,29H,8,15-24,26,28H2,1-3H3;1H;1H2. The lowest BCUT2D eigenvalue weighted by molar-refractivity contribution is -0.141. The molecule has 0 bridgehead atoms. The molecule has 1 atom stereocenters. The molecule has 268 valence electrons. The summed E-state index contributed by atoms with van der Waals surface area (Å²) in [6.45, 7) is 10.2. The summed E-state index contributed by atoms with van der Waals surface area (Å²) in [6, 6.07) is 24.5. The number of carbonyl (C=O) groups excluding carboxylic acids is 2. The van der Waals surface area contributed by atoms with Crippen LogP contribution in [-0.2, 0) is 31.6 Å². The minimum atomic E-state index is -0.230. The number of hydrogen-bond acceptors (Lipinski definition) is 5. The number of halogens is 3. The quantitative estimate of drug-likeness (QED) is 0.177. The second-order valence-electron chi connectivity index (χ2n) is 13.6. The molecule has 3 aromatic carbocycles. The molecular formula is C39H51Cl3N2O5. The van der Waals surface area contributed by atoms with Gasteiger partial charge in [-0.1, -0.05) is 71.7 Å². The van der Waals surface area contributed by atoms with Crippen LogP contribution in [0.25, 0.3) is 0 Å². The van der Waals surface area contributed by atoms with E-state index in [1.165, 1.54) is 12.5 Å². The zero-order valence-corrected chi connectivity index (χ0v) is 31.2. The predicted molar refractivity (Wildman–Crippen MR) is 200 cm³/mol. The molecule has 10 heteroatoms. The lowest BCUT2D eigenvalue weighted by atomic mass is 9.69. The van der Waals surface area contributed by atoms with Crippen molar-refractivity contribution in [3.8, 4) is 5.75 Å². The van der Waals surface area contributed by atoms with Gasteiger partial charge in [0, 0.05) is 30.8 Å². The normalized spacial score (nSPS) is 19.0. The van der Waals surface area contributed by atoms with E-state index in [0.717, 1.165) is 81.6 Å². The molecule has 0 spiro atoms. The van der Waals surface area contributed by atoms with Crippen molar-refractivity contribution < 1.29 is 24.5 Å². The van der Waals surface area contributed by atoms with E-state index in [-0.39, 0.29) is 46.7 Å². The number of piperidine rings is 2. The summed E-state index contributed by atoms with van der Waals surface area (Å²) in [5.74, 6) is 0.694. The van der Waals surface area contributed by atoms with Crippen molar-refractivity contribution in [3.63, 3.8) is 0 Å². The molecule has 49 heavy (non-hydrogen) atoms. The first-order valence-electron chi connectivity index (χ1n) is 17.0. The fourth-order valence-electron chi connectivity index (χ4n) is 7.48. The lowest BCUT2D eigenvalue weighted by Crippen LogP contribution is -2.51. The first-order valence-corrected chi connectivity index (χ1v) is 17.7. The van der Waals surface area contributed by atoms with Crippen LogP contribution >= 0.6 is 35.6 Å². The van der Waals surface area contributed by atoms with E-state index >= 15 is 0 Å². The lowest BCUT2D eigenvalue weighted by Gasteiger charge is -2.46. The maximum Gasteiger partial charge on any atom is 0.302 e. The van der Waals surface area contributed by atoms with Gasteiger partial charge in [0.05, 0.1) is 29.2 Å². The van der Waals surface area contributed by atoms with Gasteiger partial charge >= 0.3 is 5.97 Å². The third kappa shape index (κ3) is 10.6. The first-order chi connectivity index (χ1) is 22.6. The molecule has 0 radical (unpaired) electrons. The van der Waals surface area contributed by atoms with Crippen LogP contribution in [0.1, 0.15) is 76.0 Å². The van der Waals surface area contributed by atoms with Crippen LogP contribution in [-0.4, -0.2) is 72.6 Å². The van der Waals surface area contributed by atoms with Gasteiger partial charge in [-0.05, 0) is 113 Å². The van der Waals surface area contributed by atoms with Crippen LogP contribution in [0.15, 0.2) is 72.8 Å². The SMILES string of the molecule is CC(=O)OCCC1(c2ccccc2)CCN(CCC2(c3ccc(Cl)c(Cl)c3)CCCN(C(=O)Cc3cccc(OC(C)C)c3)C2)CC1.Cl.O. The number of benzene rings is 3. The molecule has 5 rings (SSSR count). The van der Waals surface area contributed by atoms with Crippen molar-refractivity contribution in [1.82, 2.24) is 9.80 Å². The number of rotatable bonds is 12. The number of amides is 1. The Balaban J connectivity index is 0.00000325. The minimum absolute atomic E-state index is 0. The molecule has 1 amide bonds. The molecule has 0 saturated carbocycles. The van der Waals surface area contributed by atoms with Crippen molar-refractivity contribution in [2.24, 2.45) is 0 Å². The summed E-state index contributed by atoms with van der Waals surface area (Å²) in [7, 11) is 0. The van der Waals surface area contributed by atoms with Crippen LogP contribution < -0.4 is 4.74 Å². The Labute approximate surface area is 308 Å². The van der Waals surface area contributed by atoms with E-state index < -0.39 is 0 Å². The summed E-state index contributed by atoms with van der Waals surface area (Å²) >= 11 is 13.0. The van der Waals surface area contributed by atoms with Gasteiger partial charge in [0.1, 0.15) is 5.75 Å². The molecule has 2 aliphatic rings. The van der Waals surface area contributed by atoms with Gasteiger partial charge in [-0.3, -0.25) is 9.59 Å². The van der Waals surface area contributed by atoms with Gasteiger partial charge in [-0.25, -0.2) is 0 Å². The van der Waals surface area contributed by atoms with Gasteiger partial charge in [0.25, 0.3) is 0 Å². The summed E-state index contributed by atoms with van der Waals surface area (Å²) < 4.78 is 11.3. The Morgan fingerprint density at radius 1 is 0.837 bits per heavy atom. The Morgan fingerprint density at radius 3 is 2.24 bits per heavy atom. The molecule has 3 aromatic rings. The fraction of sp³-hybridized carbons (Fsp3) is 0.487. The van der Waals surface area contributed by atoms with Crippen LogP contribution in [0.5, 0.6) is 5.75 Å². The number of esters is 1. The highest BCUT2D eigenvalue weighted by Crippen LogP contribution is 2.42. The fourth-order valence-corrected chi connectivity index (χ4v) is 7.78. The highest BCUT2D eigenvalue weighted by Gasteiger charge is 2.41. The maximum atomic E-state index is 13.8. The van der Waals surface area contributed by atoms with Crippen molar-refractivity contribution in [3.05, 3.63) is 99.5 Å². The Hall–Kier alpha value is -2.81. The monoisotopic (exact) mass is 732 g/mol. The van der Waals surface area contributed by atoms with Gasteiger partial charge in [-0.15, -0.1) is 12.4 Å². The number of likely N-dealkylation sites (tertiary alicyclic amines) is 2. The summed E-state index contributed by atoms with van der Waals surface area (Å²) in [6.07, 6.45) is 6.06. The van der Waals surface area contributed by atoms with E-state index in [2.05, 4.69) is 41.3 Å². The molecular weight excluding hydrogens is 683 g/mol. The smallest absolute Gasteiger partial charge is 0.302 e. The third-order valence-electron chi connectivity index (χ3n) is 10.1. The molecule has 2 aliphatic heterocycles. The first kappa shape index (κ1) is 40.6. The van der Waals surface area contributed by atoms with E-state index in [9.17, 15) is 9.59 Å². The van der Waals surface area contributed by atoms with Gasteiger partial charge in [0.15, 0.2) is 0 Å².